The normalized spacial score (nSPS) is 18.9. The summed E-state index contributed by atoms with van der Waals surface area (Å²) in [7, 11) is 0. The number of benzene rings is 2. The van der Waals surface area contributed by atoms with E-state index in [0.717, 1.165) is 24.1 Å². The molecule has 3 aromatic rings. The molecule has 0 unspecified atom stereocenters. The molecule has 1 aliphatic carbocycles. The number of carbonyl (C=O) groups excluding carboxylic acids is 1. The fraction of sp³-hybridized carbons (Fsp3) is 0.348. The van der Waals surface area contributed by atoms with Gasteiger partial charge in [0, 0.05) is 17.3 Å². The van der Waals surface area contributed by atoms with Gasteiger partial charge < -0.3 is 5.32 Å². The Balaban J connectivity index is 1.55. The molecule has 0 saturated heterocycles. The number of halogens is 1. The molecule has 1 N–H and O–H groups in total. The highest BCUT2D eigenvalue weighted by molar-refractivity contribution is 7.99. The first-order chi connectivity index (χ1) is 14.6. The molecule has 1 saturated carbocycles. The summed E-state index contributed by atoms with van der Waals surface area (Å²) in [6, 6.07) is 16.2. The maximum Gasteiger partial charge on any atom is 0.230 e. The zero-order chi connectivity index (χ0) is 20.9. The van der Waals surface area contributed by atoms with Gasteiger partial charge in [-0.2, -0.15) is 0 Å². The SMILES string of the molecule is C[C@@H]1CCCC[C@@H]1NC(=O)CSc1nnc(-c2ccccc2)n1-c1ccc(F)cc1. The molecule has 1 aromatic heterocycles. The van der Waals surface area contributed by atoms with Crippen molar-refractivity contribution in [2.75, 3.05) is 5.75 Å². The minimum atomic E-state index is -0.303. The van der Waals surface area contributed by atoms with Gasteiger partial charge in [-0.1, -0.05) is 61.9 Å². The number of thioether (sulfide) groups is 1. The van der Waals surface area contributed by atoms with Crippen LogP contribution in [-0.4, -0.2) is 32.5 Å². The van der Waals surface area contributed by atoms with Crippen molar-refractivity contribution in [3.8, 4) is 17.1 Å². The summed E-state index contributed by atoms with van der Waals surface area (Å²) in [6.07, 6.45) is 4.62. The third-order valence-electron chi connectivity index (χ3n) is 5.54. The highest BCUT2D eigenvalue weighted by Crippen LogP contribution is 2.28. The van der Waals surface area contributed by atoms with Crippen molar-refractivity contribution in [1.82, 2.24) is 20.1 Å². The minimum absolute atomic E-state index is 0.00803. The smallest absolute Gasteiger partial charge is 0.230 e. The van der Waals surface area contributed by atoms with Gasteiger partial charge in [0.1, 0.15) is 5.82 Å². The Kier molecular flexibility index (Phi) is 6.47. The molecule has 0 aliphatic heterocycles. The van der Waals surface area contributed by atoms with Crippen LogP contribution in [0.15, 0.2) is 59.8 Å². The highest BCUT2D eigenvalue weighted by atomic mass is 32.2. The number of amides is 1. The molecule has 1 fully saturated rings. The van der Waals surface area contributed by atoms with Crippen molar-refractivity contribution in [2.24, 2.45) is 5.92 Å². The number of hydrogen-bond acceptors (Lipinski definition) is 4. The molecule has 2 atom stereocenters. The van der Waals surface area contributed by atoms with Crippen LogP contribution >= 0.6 is 11.8 Å². The van der Waals surface area contributed by atoms with Gasteiger partial charge >= 0.3 is 0 Å². The number of nitrogens with one attached hydrogen (secondary N) is 1. The second-order valence-corrected chi connectivity index (χ2v) is 8.65. The van der Waals surface area contributed by atoms with Gasteiger partial charge in [0.05, 0.1) is 5.75 Å². The van der Waals surface area contributed by atoms with E-state index in [1.54, 1.807) is 12.1 Å². The molecule has 1 amide bonds. The van der Waals surface area contributed by atoms with E-state index in [4.69, 9.17) is 0 Å². The van der Waals surface area contributed by atoms with E-state index < -0.39 is 0 Å². The van der Waals surface area contributed by atoms with E-state index >= 15 is 0 Å². The summed E-state index contributed by atoms with van der Waals surface area (Å²) in [5.41, 5.74) is 1.66. The lowest BCUT2D eigenvalue weighted by Crippen LogP contribution is -2.41. The molecule has 5 nitrogen and oxygen atoms in total. The summed E-state index contributed by atoms with van der Waals surface area (Å²) in [5.74, 6) is 1.14. The van der Waals surface area contributed by atoms with Crippen LogP contribution in [0.2, 0.25) is 0 Å². The van der Waals surface area contributed by atoms with Gasteiger partial charge in [-0.3, -0.25) is 9.36 Å². The van der Waals surface area contributed by atoms with Crippen molar-refractivity contribution >= 4 is 17.7 Å². The van der Waals surface area contributed by atoms with E-state index in [2.05, 4.69) is 22.4 Å². The third kappa shape index (κ3) is 4.73. The summed E-state index contributed by atoms with van der Waals surface area (Å²) < 4.78 is 15.3. The lowest BCUT2D eigenvalue weighted by Gasteiger charge is -2.29. The first-order valence-electron chi connectivity index (χ1n) is 10.3. The van der Waals surface area contributed by atoms with Gasteiger partial charge in [-0.25, -0.2) is 4.39 Å². The third-order valence-corrected chi connectivity index (χ3v) is 6.47. The zero-order valence-electron chi connectivity index (χ0n) is 16.9. The van der Waals surface area contributed by atoms with Crippen LogP contribution in [0.25, 0.3) is 17.1 Å². The molecular formula is C23H25FN4OS. The van der Waals surface area contributed by atoms with Gasteiger partial charge in [-0.05, 0) is 43.0 Å². The van der Waals surface area contributed by atoms with Crippen LogP contribution in [0.4, 0.5) is 4.39 Å². The highest BCUT2D eigenvalue weighted by Gasteiger charge is 2.23. The van der Waals surface area contributed by atoms with Crippen LogP contribution in [0.1, 0.15) is 32.6 Å². The average Bonchev–Trinajstić information content (AvgIpc) is 3.19. The molecule has 4 rings (SSSR count). The predicted molar refractivity (Wildman–Crippen MR) is 117 cm³/mol. The summed E-state index contributed by atoms with van der Waals surface area (Å²) in [4.78, 5) is 12.6. The number of rotatable bonds is 6. The monoisotopic (exact) mass is 424 g/mol. The van der Waals surface area contributed by atoms with Crippen molar-refractivity contribution in [3.63, 3.8) is 0 Å². The molecule has 0 radical (unpaired) electrons. The average molecular weight is 425 g/mol. The topological polar surface area (TPSA) is 59.8 Å². The molecule has 1 aliphatic rings. The zero-order valence-corrected chi connectivity index (χ0v) is 17.7. The molecule has 7 heteroatoms. The Hall–Kier alpha value is -2.67. The van der Waals surface area contributed by atoms with Crippen LogP contribution in [0.5, 0.6) is 0 Å². The summed E-state index contributed by atoms with van der Waals surface area (Å²) in [5, 5.41) is 12.5. The van der Waals surface area contributed by atoms with Crippen LogP contribution in [0, 0.1) is 11.7 Å². The van der Waals surface area contributed by atoms with E-state index in [9.17, 15) is 9.18 Å². The minimum Gasteiger partial charge on any atom is -0.352 e. The maximum absolute atomic E-state index is 13.5. The first-order valence-corrected chi connectivity index (χ1v) is 11.3. The van der Waals surface area contributed by atoms with Crippen LogP contribution < -0.4 is 5.32 Å². The molecule has 1 heterocycles. The van der Waals surface area contributed by atoms with E-state index in [0.29, 0.717) is 16.9 Å². The summed E-state index contributed by atoms with van der Waals surface area (Å²) >= 11 is 1.34. The van der Waals surface area contributed by atoms with Crippen molar-refractivity contribution in [1.29, 1.82) is 0 Å². The fourth-order valence-corrected chi connectivity index (χ4v) is 4.63. The Bertz CT molecular complexity index is 990. The Morgan fingerprint density at radius 3 is 2.57 bits per heavy atom. The molecule has 30 heavy (non-hydrogen) atoms. The van der Waals surface area contributed by atoms with Crippen LogP contribution in [0.3, 0.4) is 0 Å². The van der Waals surface area contributed by atoms with E-state index in [-0.39, 0.29) is 23.5 Å². The fourth-order valence-electron chi connectivity index (χ4n) is 3.87. The van der Waals surface area contributed by atoms with Gasteiger partial charge in [0.15, 0.2) is 11.0 Å². The standard InChI is InChI=1S/C23H25FN4OS/c1-16-7-5-6-10-20(16)25-21(29)15-30-23-27-26-22(17-8-3-2-4-9-17)28(23)19-13-11-18(24)12-14-19/h2-4,8-9,11-14,16,20H,5-7,10,15H2,1H3,(H,25,29)/t16-,20+/m1/s1. The number of carbonyl (C=O) groups is 1. The molecule has 0 spiro atoms. The molecular weight excluding hydrogens is 399 g/mol. The van der Waals surface area contributed by atoms with Crippen molar-refractivity contribution < 1.29 is 9.18 Å². The number of aromatic nitrogens is 3. The lowest BCUT2D eigenvalue weighted by atomic mass is 9.86. The second-order valence-electron chi connectivity index (χ2n) is 7.71. The Morgan fingerprint density at radius 2 is 1.83 bits per heavy atom. The van der Waals surface area contributed by atoms with E-state index in [1.165, 1.54) is 36.7 Å². The van der Waals surface area contributed by atoms with Crippen LogP contribution in [-0.2, 0) is 4.79 Å². The van der Waals surface area contributed by atoms with Gasteiger partial charge in [0.25, 0.3) is 0 Å². The van der Waals surface area contributed by atoms with E-state index in [1.807, 2.05) is 34.9 Å². The molecule has 156 valence electrons. The Morgan fingerprint density at radius 1 is 1.10 bits per heavy atom. The molecule has 0 bridgehead atoms. The Labute approximate surface area is 180 Å². The lowest BCUT2D eigenvalue weighted by molar-refractivity contribution is -0.119. The quantitative estimate of drug-likeness (QED) is 0.574. The second kappa shape index (κ2) is 9.43. The van der Waals surface area contributed by atoms with Crippen molar-refractivity contribution in [2.45, 2.75) is 43.8 Å². The number of hydrogen-bond donors (Lipinski definition) is 1. The molecule has 2 aromatic carbocycles. The first kappa shape index (κ1) is 20.6. The predicted octanol–water partition coefficient (Wildman–Crippen LogP) is 4.86. The van der Waals surface area contributed by atoms with Crippen molar-refractivity contribution in [3.05, 3.63) is 60.4 Å². The van der Waals surface area contributed by atoms with Gasteiger partial charge in [-0.15, -0.1) is 10.2 Å². The summed E-state index contributed by atoms with van der Waals surface area (Å²) in [6.45, 7) is 2.20. The maximum atomic E-state index is 13.5. The number of nitrogens with zero attached hydrogens (tertiary/aromatic N) is 3. The van der Waals surface area contributed by atoms with Gasteiger partial charge in [0.2, 0.25) is 5.91 Å². The largest absolute Gasteiger partial charge is 0.352 e.